The molecule has 0 saturated carbocycles. The maximum atomic E-state index is 12.4. The summed E-state index contributed by atoms with van der Waals surface area (Å²) in [4.78, 5) is 37.8. The third-order valence-electron chi connectivity index (χ3n) is 5.32. The monoisotopic (exact) mass is 615 g/mol. The number of halogens is 1. The van der Waals surface area contributed by atoms with E-state index in [0.717, 1.165) is 0 Å². The Morgan fingerprint density at radius 3 is 2.54 bits per heavy atom. The summed E-state index contributed by atoms with van der Waals surface area (Å²) >= 11 is 2.06. The Morgan fingerprint density at radius 1 is 1.08 bits per heavy atom. The molecule has 0 aromatic heterocycles. The number of carbonyl (C=O) groups is 1. The first-order chi connectivity index (χ1) is 17.7. The molecule has 1 aliphatic rings. The van der Waals surface area contributed by atoms with E-state index in [1.807, 2.05) is 0 Å². The molecule has 0 unspecified atom stereocenters. The van der Waals surface area contributed by atoms with E-state index in [1.54, 1.807) is 31.2 Å². The van der Waals surface area contributed by atoms with Crippen molar-refractivity contribution in [2.24, 2.45) is 4.99 Å². The van der Waals surface area contributed by atoms with E-state index in [2.05, 4.69) is 27.6 Å². The van der Waals surface area contributed by atoms with Gasteiger partial charge in [0.05, 0.1) is 20.5 Å². The van der Waals surface area contributed by atoms with Crippen molar-refractivity contribution < 1.29 is 28.9 Å². The molecule has 0 fully saturated rings. The van der Waals surface area contributed by atoms with Crippen molar-refractivity contribution in [2.75, 3.05) is 7.11 Å². The normalized spacial score (nSPS) is 13.8. The molecular weight excluding hydrogens is 597 g/mol. The number of nitrogens with zero attached hydrogens (tertiary/aromatic N) is 3. The van der Waals surface area contributed by atoms with E-state index in [4.69, 9.17) is 14.2 Å². The maximum Gasteiger partial charge on any atom is 0.363 e. The Balaban J connectivity index is 1.58. The van der Waals surface area contributed by atoms with Gasteiger partial charge in [-0.3, -0.25) is 20.2 Å². The molecule has 0 N–H and O–H groups in total. The van der Waals surface area contributed by atoms with Gasteiger partial charge in [-0.1, -0.05) is 12.1 Å². The van der Waals surface area contributed by atoms with Crippen LogP contribution >= 0.6 is 22.6 Å². The number of carbonyl (C=O) groups excluding carboxylic acids is 1. The average molecular weight is 615 g/mol. The van der Waals surface area contributed by atoms with Crippen LogP contribution in [0.3, 0.4) is 0 Å². The highest BCUT2D eigenvalue weighted by molar-refractivity contribution is 14.1. The van der Waals surface area contributed by atoms with Crippen molar-refractivity contribution in [2.45, 2.75) is 13.5 Å². The van der Waals surface area contributed by atoms with Crippen molar-refractivity contribution in [3.05, 3.63) is 106 Å². The van der Waals surface area contributed by atoms with Crippen molar-refractivity contribution in [1.29, 1.82) is 0 Å². The van der Waals surface area contributed by atoms with Crippen LogP contribution in [-0.4, -0.2) is 28.8 Å². The third-order valence-corrected chi connectivity index (χ3v) is 6.12. The van der Waals surface area contributed by atoms with Crippen molar-refractivity contribution in [3.8, 4) is 11.5 Å². The second-order valence-electron chi connectivity index (χ2n) is 7.84. The lowest BCUT2D eigenvalue weighted by Crippen LogP contribution is -2.06. The number of hydrogen-bond acceptors (Lipinski definition) is 9. The predicted molar refractivity (Wildman–Crippen MR) is 142 cm³/mol. The number of cyclic esters (lactones) is 1. The smallest absolute Gasteiger partial charge is 0.363 e. The van der Waals surface area contributed by atoms with Crippen LogP contribution in [-0.2, 0) is 16.1 Å². The predicted octanol–water partition coefficient (Wildman–Crippen LogP) is 5.35. The lowest BCUT2D eigenvalue weighted by molar-refractivity contribution is -0.385. The number of hydrogen-bond donors (Lipinski definition) is 0. The highest BCUT2D eigenvalue weighted by Crippen LogP contribution is 2.36. The molecule has 0 atom stereocenters. The van der Waals surface area contributed by atoms with Gasteiger partial charge >= 0.3 is 5.97 Å². The second kappa shape index (κ2) is 10.7. The van der Waals surface area contributed by atoms with Crippen LogP contribution < -0.4 is 9.47 Å². The van der Waals surface area contributed by atoms with Gasteiger partial charge in [-0.15, -0.1) is 0 Å². The molecule has 188 valence electrons. The number of aliphatic imine (C=N–C) groups is 1. The van der Waals surface area contributed by atoms with Gasteiger partial charge in [0.25, 0.3) is 11.4 Å². The molecular formula is C25H18IN3O8. The minimum atomic E-state index is -0.661. The Hall–Kier alpha value is -4.33. The molecule has 1 aliphatic heterocycles. The minimum Gasteiger partial charge on any atom is -0.493 e. The first-order valence-electron chi connectivity index (χ1n) is 10.7. The summed E-state index contributed by atoms with van der Waals surface area (Å²) in [6, 6.07) is 13.9. The van der Waals surface area contributed by atoms with E-state index in [0.29, 0.717) is 37.3 Å². The lowest BCUT2D eigenvalue weighted by atomic mass is 10.1. The van der Waals surface area contributed by atoms with Gasteiger partial charge in [0.15, 0.2) is 17.2 Å². The maximum absolute atomic E-state index is 12.4. The highest BCUT2D eigenvalue weighted by Gasteiger charge is 2.26. The van der Waals surface area contributed by atoms with E-state index in [-0.39, 0.29) is 29.6 Å². The summed E-state index contributed by atoms with van der Waals surface area (Å²) in [5.41, 5.74) is 2.05. The third kappa shape index (κ3) is 5.74. The number of non-ortho nitro benzene ring substituents is 1. The van der Waals surface area contributed by atoms with Gasteiger partial charge in [0, 0.05) is 29.3 Å². The molecule has 0 bridgehead atoms. The zero-order valence-electron chi connectivity index (χ0n) is 19.5. The summed E-state index contributed by atoms with van der Waals surface area (Å²) in [6.07, 6.45) is 1.53. The van der Waals surface area contributed by atoms with Gasteiger partial charge in [0.2, 0.25) is 5.90 Å². The molecule has 12 heteroatoms. The molecule has 0 saturated heterocycles. The lowest BCUT2D eigenvalue weighted by Gasteiger charge is -2.13. The Morgan fingerprint density at radius 2 is 1.86 bits per heavy atom. The van der Waals surface area contributed by atoms with Crippen molar-refractivity contribution >= 4 is 51.9 Å². The standard InChI is InChI=1S/C25H18IN3O8/c1-14-8-17(6-7-21(14)29(33)34)24-27-20(25(30)37-24)11-16-10-19(26)23(22(12-16)35-2)36-13-15-4-3-5-18(9-15)28(31)32/h3-12H,13H2,1-2H3/b20-11-. The number of aryl methyl sites for hydroxylation is 1. The van der Waals surface area contributed by atoms with E-state index < -0.39 is 15.8 Å². The van der Waals surface area contributed by atoms with E-state index in [1.165, 1.54) is 43.5 Å². The van der Waals surface area contributed by atoms with Crippen LogP contribution in [0.4, 0.5) is 11.4 Å². The summed E-state index contributed by atoms with van der Waals surface area (Å²) < 4.78 is 17.3. The van der Waals surface area contributed by atoms with Crippen LogP contribution in [0.5, 0.6) is 11.5 Å². The number of rotatable bonds is 8. The number of esters is 1. The molecule has 0 radical (unpaired) electrons. The summed E-state index contributed by atoms with van der Waals surface area (Å²) in [7, 11) is 1.47. The molecule has 1 heterocycles. The first kappa shape index (κ1) is 25.8. The number of methoxy groups -OCH3 is 1. The van der Waals surface area contributed by atoms with Crippen molar-refractivity contribution in [3.63, 3.8) is 0 Å². The molecule has 4 rings (SSSR count). The summed E-state index contributed by atoms with van der Waals surface area (Å²) in [6.45, 7) is 1.68. The fourth-order valence-electron chi connectivity index (χ4n) is 3.56. The Bertz CT molecular complexity index is 1500. The van der Waals surface area contributed by atoms with Gasteiger partial charge < -0.3 is 14.2 Å². The molecule has 3 aromatic carbocycles. The summed E-state index contributed by atoms with van der Waals surface area (Å²) in [5.74, 6) is 0.223. The number of nitro benzene ring substituents is 2. The van der Waals surface area contributed by atoms with E-state index >= 15 is 0 Å². The fraction of sp³-hybridized carbons (Fsp3) is 0.120. The SMILES string of the molecule is COc1cc(/C=C2\N=C(c3ccc([N+](=O)[O-])c(C)c3)OC2=O)cc(I)c1OCc1cccc([N+](=O)[O-])c1. The Labute approximate surface area is 223 Å². The average Bonchev–Trinajstić information content (AvgIpc) is 3.22. The molecule has 0 spiro atoms. The van der Waals surface area contributed by atoms with Crippen LogP contribution in [0, 0.1) is 30.7 Å². The summed E-state index contributed by atoms with van der Waals surface area (Å²) in [5, 5.41) is 22.1. The first-order valence-corrected chi connectivity index (χ1v) is 11.8. The van der Waals surface area contributed by atoms with Crippen LogP contribution in [0.15, 0.2) is 65.3 Å². The van der Waals surface area contributed by atoms with E-state index in [9.17, 15) is 25.0 Å². The fourth-order valence-corrected chi connectivity index (χ4v) is 4.34. The zero-order chi connectivity index (χ0) is 26.7. The number of nitro groups is 2. The topological polar surface area (TPSA) is 143 Å². The molecule has 0 amide bonds. The molecule has 37 heavy (non-hydrogen) atoms. The van der Waals surface area contributed by atoms with Gasteiger partial charge in [0.1, 0.15) is 6.61 Å². The van der Waals surface area contributed by atoms with Gasteiger partial charge in [-0.05, 0) is 71.0 Å². The largest absolute Gasteiger partial charge is 0.493 e. The Kier molecular flexibility index (Phi) is 7.47. The molecule has 3 aromatic rings. The zero-order valence-corrected chi connectivity index (χ0v) is 21.6. The number of benzene rings is 3. The van der Waals surface area contributed by atoms with Gasteiger partial charge in [-0.2, -0.15) is 0 Å². The highest BCUT2D eigenvalue weighted by atomic mass is 127. The molecule has 0 aliphatic carbocycles. The van der Waals surface area contributed by atoms with Crippen molar-refractivity contribution in [1.82, 2.24) is 0 Å². The number of ether oxygens (including phenoxy) is 3. The molecule has 11 nitrogen and oxygen atoms in total. The van der Waals surface area contributed by atoms with Crippen LogP contribution in [0.1, 0.15) is 22.3 Å². The van der Waals surface area contributed by atoms with Crippen LogP contribution in [0.2, 0.25) is 0 Å². The quantitative estimate of drug-likeness (QED) is 0.109. The van der Waals surface area contributed by atoms with Crippen LogP contribution in [0.25, 0.3) is 6.08 Å². The second-order valence-corrected chi connectivity index (χ2v) is 9.01. The minimum absolute atomic E-state index is 0.0306. The van der Waals surface area contributed by atoms with Gasteiger partial charge in [-0.25, -0.2) is 9.79 Å².